The Morgan fingerprint density at radius 2 is 2.24 bits per heavy atom. The number of aromatic amines is 1. The Labute approximate surface area is 124 Å². The van der Waals surface area contributed by atoms with E-state index in [1.165, 1.54) is 6.07 Å². The normalized spacial score (nSPS) is 10.6. The standard InChI is InChI=1S/C13H14F2N4OS/c1-2-3-11-17-13(19-18-11)21-7-12(20)16-10-5-4-8(14)6-9(10)15/h4-6H,2-3,7H2,1H3,(H,16,20)(H,17,18,19). The first-order valence-electron chi connectivity index (χ1n) is 6.37. The number of nitrogens with one attached hydrogen (secondary N) is 2. The van der Waals surface area contributed by atoms with E-state index in [1.807, 2.05) is 6.92 Å². The van der Waals surface area contributed by atoms with E-state index < -0.39 is 17.5 Å². The van der Waals surface area contributed by atoms with Gasteiger partial charge >= 0.3 is 0 Å². The van der Waals surface area contributed by atoms with E-state index in [-0.39, 0.29) is 11.4 Å². The van der Waals surface area contributed by atoms with Crippen LogP contribution in [0.2, 0.25) is 0 Å². The number of rotatable bonds is 6. The molecule has 21 heavy (non-hydrogen) atoms. The Morgan fingerprint density at radius 3 is 2.95 bits per heavy atom. The van der Waals surface area contributed by atoms with E-state index in [0.717, 1.165) is 42.6 Å². The van der Waals surface area contributed by atoms with Crippen molar-refractivity contribution in [1.82, 2.24) is 15.2 Å². The molecule has 1 heterocycles. The zero-order valence-corrected chi connectivity index (χ0v) is 12.1. The number of halogens is 2. The fourth-order valence-corrected chi connectivity index (χ4v) is 2.22. The molecule has 1 aromatic carbocycles. The first kappa shape index (κ1) is 15.4. The Kier molecular flexibility index (Phi) is 5.26. The number of anilines is 1. The minimum absolute atomic E-state index is 0.0419. The lowest BCUT2D eigenvalue weighted by atomic mass is 10.3. The first-order valence-corrected chi connectivity index (χ1v) is 7.36. The summed E-state index contributed by atoms with van der Waals surface area (Å²) in [5.74, 6) is -1.10. The lowest BCUT2D eigenvalue weighted by Crippen LogP contribution is -2.15. The van der Waals surface area contributed by atoms with Gasteiger partial charge in [0.25, 0.3) is 0 Å². The molecule has 0 bridgehead atoms. The maximum absolute atomic E-state index is 13.4. The summed E-state index contributed by atoms with van der Waals surface area (Å²) < 4.78 is 26.1. The largest absolute Gasteiger partial charge is 0.323 e. The van der Waals surface area contributed by atoms with Crippen molar-refractivity contribution in [2.45, 2.75) is 24.9 Å². The molecule has 8 heteroatoms. The van der Waals surface area contributed by atoms with E-state index in [4.69, 9.17) is 0 Å². The molecular weight excluding hydrogens is 298 g/mol. The summed E-state index contributed by atoms with van der Waals surface area (Å²) in [6.45, 7) is 2.03. The van der Waals surface area contributed by atoms with Gasteiger partial charge in [0.15, 0.2) is 0 Å². The number of H-pyrrole nitrogens is 1. The van der Waals surface area contributed by atoms with Gasteiger partial charge in [-0.2, -0.15) is 0 Å². The summed E-state index contributed by atoms with van der Waals surface area (Å²) >= 11 is 1.14. The quantitative estimate of drug-likeness (QED) is 0.805. The molecule has 1 aromatic heterocycles. The molecule has 1 amide bonds. The molecule has 5 nitrogen and oxygen atoms in total. The zero-order chi connectivity index (χ0) is 15.2. The Hall–Kier alpha value is -1.96. The van der Waals surface area contributed by atoms with Crippen molar-refractivity contribution in [3.63, 3.8) is 0 Å². The number of aryl methyl sites for hydroxylation is 1. The minimum atomic E-state index is -0.809. The Balaban J connectivity index is 1.86. The third-order valence-electron chi connectivity index (χ3n) is 2.54. The van der Waals surface area contributed by atoms with Crippen molar-refractivity contribution in [1.29, 1.82) is 0 Å². The van der Waals surface area contributed by atoms with E-state index in [1.54, 1.807) is 0 Å². The van der Waals surface area contributed by atoms with Crippen LogP contribution < -0.4 is 5.32 Å². The number of amides is 1. The van der Waals surface area contributed by atoms with Crippen molar-refractivity contribution < 1.29 is 13.6 Å². The molecule has 0 aliphatic heterocycles. The molecule has 0 aliphatic rings. The number of nitrogens with zero attached hydrogens (tertiary/aromatic N) is 2. The molecule has 0 aliphatic carbocycles. The molecule has 0 unspecified atom stereocenters. The molecule has 2 rings (SSSR count). The fraction of sp³-hybridized carbons (Fsp3) is 0.308. The topological polar surface area (TPSA) is 70.7 Å². The highest BCUT2D eigenvalue weighted by Crippen LogP contribution is 2.17. The highest BCUT2D eigenvalue weighted by Gasteiger charge is 2.10. The van der Waals surface area contributed by atoms with Crippen LogP contribution in [-0.2, 0) is 11.2 Å². The molecular formula is C13H14F2N4OS. The summed E-state index contributed by atoms with van der Waals surface area (Å²) in [4.78, 5) is 15.9. The summed E-state index contributed by atoms with van der Waals surface area (Å²) in [6, 6.07) is 2.98. The van der Waals surface area contributed by atoms with Crippen molar-refractivity contribution >= 4 is 23.4 Å². The van der Waals surface area contributed by atoms with Crippen LogP contribution in [0.15, 0.2) is 23.4 Å². The van der Waals surface area contributed by atoms with Gasteiger partial charge in [0, 0.05) is 12.5 Å². The number of aromatic nitrogens is 3. The summed E-state index contributed by atoms with van der Waals surface area (Å²) in [5, 5.41) is 9.58. The van der Waals surface area contributed by atoms with Gasteiger partial charge in [0.2, 0.25) is 11.1 Å². The highest BCUT2D eigenvalue weighted by atomic mass is 32.2. The number of carbonyl (C=O) groups is 1. The van der Waals surface area contributed by atoms with Gasteiger partial charge < -0.3 is 5.32 Å². The molecule has 0 radical (unpaired) electrons. The maximum Gasteiger partial charge on any atom is 0.234 e. The first-order chi connectivity index (χ1) is 10.1. The molecule has 0 atom stereocenters. The predicted octanol–water partition coefficient (Wildman–Crippen LogP) is 2.77. The van der Waals surface area contributed by atoms with Crippen LogP contribution in [0.3, 0.4) is 0 Å². The molecule has 0 spiro atoms. The van der Waals surface area contributed by atoms with Crippen LogP contribution in [0.5, 0.6) is 0 Å². The molecule has 0 saturated carbocycles. The summed E-state index contributed by atoms with van der Waals surface area (Å²) in [5.41, 5.74) is -0.0522. The Bertz CT molecular complexity index is 632. The second-order valence-electron chi connectivity index (χ2n) is 4.28. The van der Waals surface area contributed by atoms with Gasteiger partial charge in [-0.25, -0.2) is 13.8 Å². The van der Waals surface area contributed by atoms with Crippen molar-refractivity contribution in [3.8, 4) is 0 Å². The zero-order valence-electron chi connectivity index (χ0n) is 11.3. The van der Waals surface area contributed by atoms with E-state index >= 15 is 0 Å². The lowest BCUT2D eigenvalue weighted by molar-refractivity contribution is -0.113. The third kappa shape index (κ3) is 4.52. The van der Waals surface area contributed by atoms with Crippen molar-refractivity contribution in [2.24, 2.45) is 0 Å². The number of carbonyl (C=O) groups excluding carboxylic acids is 1. The second-order valence-corrected chi connectivity index (χ2v) is 5.22. The number of thioether (sulfide) groups is 1. The van der Waals surface area contributed by atoms with Crippen molar-refractivity contribution in [2.75, 3.05) is 11.1 Å². The van der Waals surface area contributed by atoms with Gasteiger partial charge in [-0.1, -0.05) is 18.7 Å². The van der Waals surface area contributed by atoms with Gasteiger partial charge in [-0.15, -0.1) is 5.10 Å². The highest BCUT2D eigenvalue weighted by molar-refractivity contribution is 7.99. The fourth-order valence-electron chi connectivity index (χ4n) is 1.60. The lowest BCUT2D eigenvalue weighted by Gasteiger charge is -2.05. The monoisotopic (exact) mass is 312 g/mol. The van der Waals surface area contributed by atoms with Gasteiger partial charge in [0.05, 0.1) is 11.4 Å². The van der Waals surface area contributed by atoms with Crippen LogP contribution in [0.4, 0.5) is 14.5 Å². The molecule has 0 saturated heterocycles. The van der Waals surface area contributed by atoms with Crippen molar-refractivity contribution in [3.05, 3.63) is 35.7 Å². The van der Waals surface area contributed by atoms with Crippen LogP contribution in [0.1, 0.15) is 19.2 Å². The number of benzene rings is 1. The SMILES string of the molecule is CCCc1nc(SCC(=O)Nc2ccc(F)cc2F)n[nH]1. The molecule has 0 fully saturated rings. The maximum atomic E-state index is 13.4. The second kappa shape index (κ2) is 7.16. The van der Waals surface area contributed by atoms with Crippen LogP contribution >= 0.6 is 11.8 Å². The van der Waals surface area contributed by atoms with E-state index in [2.05, 4.69) is 20.5 Å². The van der Waals surface area contributed by atoms with E-state index in [9.17, 15) is 13.6 Å². The smallest absolute Gasteiger partial charge is 0.234 e. The molecule has 112 valence electrons. The Morgan fingerprint density at radius 1 is 1.43 bits per heavy atom. The van der Waals surface area contributed by atoms with Crippen LogP contribution in [-0.4, -0.2) is 26.8 Å². The average Bonchev–Trinajstić information content (AvgIpc) is 2.88. The number of hydrogen-bond acceptors (Lipinski definition) is 4. The molecule has 2 N–H and O–H groups in total. The third-order valence-corrected chi connectivity index (χ3v) is 3.38. The molecule has 2 aromatic rings. The van der Waals surface area contributed by atoms with E-state index in [0.29, 0.717) is 5.16 Å². The summed E-state index contributed by atoms with van der Waals surface area (Å²) in [6.07, 6.45) is 1.74. The average molecular weight is 312 g/mol. The number of hydrogen-bond donors (Lipinski definition) is 2. The van der Waals surface area contributed by atoms with Crippen LogP contribution in [0, 0.1) is 11.6 Å². The predicted molar refractivity (Wildman–Crippen MR) is 76.1 cm³/mol. The van der Waals surface area contributed by atoms with Gasteiger partial charge in [-0.3, -0.25) is 9.89 Å². The van der Waals surface area contributed by atoms with Gasteiger partial charge in [0.1, 0.15) is 17.5 Å². The van der Waals surface area contributed by atoms with Gasteiger partial charge in [-0.05, 0) is 18.6 Å². The summed E-state index contributed by atoms with van der Waals surface area (Å²) in [7, 11) is 0. The van der Waals surface area contributed by atoms with Crippen LogP contribution in [0.25, 0.3) is 0 Å². The minimum Gasteiger partial charge on any atom is -0.323 e.